The van der Waals surface area contributed by atoms with Crippen LogP contribution in [0.15, 0.2) is 155 Å². The second-order valence-corrected chi connectivity index (χ2v) is 22.3. The predicted octanol–water partition coefficient (Wildman–Crippen LogP) is 10.3. The normalized spacial score (nSPS) is 12.1. The Morgan fingerprint density at radius 1 is 0.366 bits per heavy atom. The molecular weight excluding hydrogens is 1100 g/mol. The molecule has 0 saturated heterocycles. The number of rotatable bonds is 7. The molecule has 0 aliphatic carbocycles. The average molecular weight is 1130 g/mol. The predicted molar refractivity (Wildman–Crippen MR) is 324 cm³/mol. The summed E-state index contributed by atoms with van der Waals surface area (Å²) < 4.78 is 14.1. The summed E-state index contributed by atoms with van der Waals surface area (Å²) in [7, 11) is 0. The van der Waals surface area contributed by atoms with E-state index in [0.29, 0.717) is 70.2 Å². The molecule has 0 amide bonds. The van der Waals surface area contributed by atoms with E-state index in [1.807, 2.05) is 101 Å². The van der Waals surface area contributed by atoms with Crippen molar-refractivity contribution >= 4 is 160 Å². The van der Waals surface area contributed by atoms with Crippen molar-refractivity contribution in [2.75, 3.05) is 0 Å². The minimum absolute atomic E-state index is 0.190. The standard InChI is InChI=1S/C66H30N8O4S4/c67-27-40(28-68)57-44-7-1-3-9-46(44)59(42(31-71)32-72)53-25-38(14-17-50(53)57)35-77-63(75)56(24-37-13-16-52-55(23-37)62(66-81-21-22-82-66)49-12-6-5-11-48(49)61(52)65-79-19-20-80-65)64(76)78-36-39-15-18-51-54(26-39)60(43(33-73)34-74)47-10-4-2-8-45(47)58(51)41(29-69)30-70/h1-26H,35-36H2. The highest BCUT2D eigenvalue weighted by molar-refractivity contribution is 8.35. The third-order valence-corrected chi connectivity index (χ3v) is 18.1. The maximum Gasteiger partial charge on any atom is 0.345 e. The fourth-order valence-electron chi connectivity index (χ4n) is 10.5. The molecule has 2 aliphatic rings. The van der Waals surface area contributed by atoms with Gasteiger partial charge in [0, 0.05) is 31.3 Å². The van der Waals surface area contributed by atoms with Gasteiger partial charge in [0.25, 0.3) is 0 Å². The first-order valence-electron chi connectivity index (χ1n) is 24.6. The quantitative estimate of drug-likeness (QED) is 0.0473. The van der Waals surface area contributed by atoms with Crippen LogP contribution in [0.3, 0.4) is 0 Å². The highest BCUT2D eigenvalue weighted by Gasteiger charge is 2.25. The lowest BCUT2D eigenvalue weighted by atomic mass is 9.93. The van der Waals surface area contributed by atoms with Gasteiger partial charge in [-0.2, -0.15) is 42.1 Å². The van der Waals surface area contributed by atoms with E-state index in [2.05, 4.69) is 12.1 Å². The van der Waals surface area contributed by atoms with Crippen molar-refractivity contribution in [2.24, 2.45) is 0 Å². The van der Waals surface area contributed by atoms with Gasteiger partial charge in [-0.1, -0.05) is 156 Å². The van der Waals surface area contributed by atoms with E-state index in [1.54, 1.807) is 132 Å². The molecule has 16 heteroatoms. The minimum Gasteiger partial charge on any atom is -0.457 e. The average Bonchev–Trinajstić information content (AvgIpc) is 4.37. The monoisotopic (exact) mass is 1130 g/mol. The number of thioether (sulfide) groups is 4. The number of nitriles is 8. The molecule has 12 nitrogen and oxygen atoms in total. The lowest BCUT2D eigenvalue weighted by Gasteiger charge is -2.13. The number of benzene rings is 9. The largest absolute Gasteiger partial charge is 0.457 e. The van der Waals surface area contributed by atoms with Crippen LogP contribution in [0.1, 0.15) is 16.7 Å². The minimum atomic E-state index is -1.06. The van der Waals surface area contributed by atoms with Crippen LogP contribution in [-0.2, 0) is 32.3 Å². The molecule has 11 rings (SSSR count). The zero-order valence-electron chi connectivity index (χ0n) is 42.3. The Kier molecular flexibility index (Phi) is 14.9. The van der Waals surface area contributed by atoms with Crippen molar-refractivity contribution < 1.29 is 19.1 Å². The van der Waals surface area contributed by atoms with Gasteiger partial charge in [-0.05, 0) is 127 Å². The first kappa shape index (κ1) is 53.3. The van der Waals surface area contributed by atoms with E-state index in [0.717, 1.165) is 40.5 Å². The lowest BCUT2D eigenvalue weighted by Crippen LogP contribution is -2.20. The van der Waals surface area contributed by atoms with Gasteiger partial charge in [-0.3, -0.25) is 0 Å². The molecule has 0 unspecified atom stereocenters. The van der Waals surface area contributed by atoms with Crippen LogP contribution in [0, 0.1) is 90.6 Å². The molecule has 9 aromatic rings. The van der Waals surface area contributed by atoms with E-state index in [1.165, 1.54) is 6.08 Å². The van der Waals surface area contributed by atoms with Crippen molar-refractivity contribution in [1.29, 1.82) is 42.1 Å². The zero-order chi connectivity index (χ0) is 57.0. The summed E-state index contributed by atoms with van der Waals surface area (Å²) in [6.07, 6.45) is 1.41. The smallest absolute Gasteiger partial charge is 0.345 e. The third-order valence-electron chi connectivity index (χ3n) is 13.8. The first-order valence-corrected chi connectivity index (χ1v) is 28.1. The molecule has 0 atom stereocenters. The highest BCUT2D eigenvalue weighted by atomic mass is 32.2. The molecule has 382 valence electrons. The van der Waals surface area contributed by atoms with Crippen LogP contribution in [-0.4, -0.2) is 11.9 Å². The summed E-state index contributed by atoms with van der Waals surface area (Å²) in [5.41, 5.74) is -0.0910. The van der Waals surface area contributed by atoms with Gasteiger partial charge in [-0.15, -0.1) is 0 Å². The summed E-state index contributed by atoms with van der Waals surface area (Å²) in [6, 6.07) is 53.1. The number of hydrogen-bond donors (Lipinski definition) is 0. The molecule has 2 heterocycles. The summed E-state index contributed by atoms with van der Waals surface area (Å²) in [6.45, 7) is -0.849. The number of esters is 2. The summed E-state index contributed by atoms with van der Waals surface area (Å²) in [5.74, 6) is -2.13. The van der Waals surface area contributed by atoms with E-state index in [-0.39, 0.29) is 32.7 Å². The number of fused-ring (bicyclic) bond motifs is 6. The number of carbonyl (C=O) groups excluding carboxylic acids is 2. The molecule has 2 aliphatic heterocycles. The third kappa shape index (κ3) is 9.40. The molecule has 9 aromatic carbocycles. The Hall–Kier alpha value is -10.8. The Labute approximate surface area is 482 Å². The zero-order valence-corrected chi connectivity index (χ0v) is 45.5. The molecule has 0 spiro atoms. The van der Waals surface area contributed by atoms with E-state index >= 15 is 0 Å². The van der Waals surface area contributed by atoms with Gasteiger partial charge in [-0.25, -0.2) is 9.59 Å². The topological polar surface area (TPSA) is 243 Å². The summed E-state index contributed by atoms with van der Waals surface area (Å²) in [4.78, 5) is 29.6. The van der Waals surface area contributed by atoms with Crippen LogP contribution < -0.4 is 31.3 Å². The first-order chi connectivity index (χ1) is 40.2. The molecule has 0 saturated carbocycles. The Balaban J connectivity index is 1.06. The van der Waals surface area contributed by atoms with Crippen molar-refractivity contribution in [3.8, 4) is 48.6 Å². The fraction of sp³-hybridized carbons (Fsp3) is 0.0303. The number of nitrogens with zero attached hydrogens (tertiary/aromatic N) is 8. The van der Waals surface area contributed by atoms with Gasteiger partial charge >= 0.3 is 11.9 Å². The van der Waals surface area contributed by atoms with Crippen LogP contribution in [0.2, 0.25) is 0 Å². The van der Waals surface area contributed by atoms with Gasteiger partial charge < -0.3 is 9.47 Å². The second-order valence-electron chi connectivity index (χ2n) is 18.1. The second kappa shape index (κ2) is 22.9. The van der Waals surface area contributed by atoms with Crippen molar-refractivity contribution in [3.05, 3.63) is 203 Å². The fourth-order valence-corrected chi connectivity index (χ4v) is 14.3. The van der Waals surface area contributed by atoms with E-state index in [9.17, 15) is 51.7 Å². The number of carbonyl (C=O) groups is 2. The van der Waals surface area contributed by atoms with Gasteiger partial charge in [0.2, 0.25) is 0 Å². The maximum atomic E-state index is 14.8. The van der Waals surface area contributed by atoms with Crippen LogP contribution in [0.25, 0.3) is 101 Å². The molecule has 0 N–H and O–H groups in total. The number of ether oxygens (including phenoxy) is 2. The Morgan fingerprint density at radius 3 is 1.04 bits per heavy atom. The van der Waals surface area contributed by atoms with Gasteiger partial charge in [0.05, 0.1) is 8.47 Å². The molecule has 82 heavy (non-hydrogen) atoms. The SMILES string of the molecule is N#CC(C#N)=c1c2ccccc2c(=C(C#N)C#N)c2cc(COC(=O)C(=Cc3ccc4c(=C5SC=CS5)c5ccccc5c(=C5SC=CS5)c4c3)C(=O)OCc3ccc4c(=C(C#N)C#N)c5ccccc5c(=C(C#N)C#N)c4c3)ccc12. The molecule has 0 fully saturated rings. The number of hydrogen-bond acceptors (Lipinski definition) is 16. The molecule has 0 bridgehead atoms. The van der Waals surface area contributed by atoms with Crippen LogP contribution in [0.4, 0.5) is 0 Å². The lowest BCUT2D eigenvalue weighted by molar-refractivity contribution is -0.148. The Morgan fingerprint density at radius 2 is 0.671 bits per heavy atom. The molecule has 0 radical (unpaired) electrons. The maximum absolute atomic E-state index is 14.8. The van der Waals surface area contributed by atoms with Crippen molar-refractivity contribution in [3.63, 3.8) is 0 Å². The van der Waals surface area contributed by atoms with E-state index in [4.69, 9.17) is 9.47 Å². The summed E-state index contributed by atoms with van der Waals surface area (Å²) in [5, 5.41) is 99.7. The van der Waals surface area contributed by atoms with E-state index < -0.39 is 30.7 Å². The highest BCUT2D eigenvalue weighted by Crippen LogP contribution is 2.41. The van der Waals surface area contributed by atoms with Crippen LogP contribution >= 0.6 is 47.0 Å². The van der Waals surface area contributed by atoms with Gasteiger partial charge in [0.15, 0.2) is 0 Å². The Bertz CT molecular complexity index is 5020. The van der Waals surface area contributed by atoms with Crippen molar-refractivity contribution in [2.45, 2.75) is 13.2 Å². The van der Waals surface area contributed by atoms with Gasteiger partial charge in [0.1, 0.15) is 89.6 Å². The summed E-state index contributed by atoms with van der Waals surface area (Å²) >= 11 is 6.47. The molecule has 0 aromatic heterocycles. The van der Waals surface area contributed by atoms with Crippen molar-refractivity contribution in [1.82, 2.24) is 0 Å². The molecular formula is C66H30N8O4S4. The van der Waals surface area contributed by atoms with Crippen LogP contribution in [0.5, 0.6) is 0 Å².